The number of nitrogens with one attached hydrogen (secondary N) is 1. The Morgan fingerprint density at radius 1 is 0.900 bits per heavy atom. The lowest BCUT2D eigenvalue weighted by Gasteiger charge is -2.16. The molecule has 3 rings (SSSR count). The quantitative estimate of drug-likeness (QED) is 0.620. The van der Waals surface area contributed by atoms with Gasteiger partial charge in [-0.05, 0) is 81.4 Å². The second-order valence-corrected chi connectivity index (χ2v) is 7.48. The SMILES string of the molecule is Cc1ccc(C)n1-c1ccc(C(=O)O[C@@H](C)C(=O)Nc2ccc(N(C)C)cc2)cc1. The summed E-state index contributed by atoms with van der Waals surface area (Å²) in [6, 6.07) is 18.7. The maximum atomic E-state index is 12.4. The first kappa shape index (κ1) is 21.2. The number of amides is 1. The van der Waals surface area contributed by atoms with Gasteiger partial charge in [-0.3, -0.25) is 4.79 Å². The zero-order valence-electron chi connectivity index (χ0n) is 18.0. The average Bonchev–Trinajstić information content (AvgIpc) is 3.06. The monoisotopic (exact) mass is 405 g/mol. The number of aryl methyl sites for hydroxylation is 2. The van der Waals surface area contributed by atoms with E-state index in [0.29, 0.717) is 11.3 Å². The van der Waals surface area contributed by atoms with Crippen molar-refractivity contribution in [2.24, 2.45) is 0 Å². The third kappa shape index (κ3) is 4.71. The number of ether oxygens (including phenoxy) is 1. The van der Waals surface area contributed by atoms with Gasteiger partial charge in [-0.25, -0.2) is 4.79 Å². The summed E-state index contributed by atoms with van der Waals surface area (Å²) >= 11 is 0. The van der Waals surface area contributed by atoms with Crippen LogP contribution < -0.4 is 10.2 Å². The molecule has 1 N–H and O–H groups in total. The molecule has 0 saturated heterocycles. The molecule has 1 amide bonds. The Labute approximate surface area is 177 Å². The molecule has 0 radical (unpaired) electrons. The number of benzene rings is 2. The van der Waals surface area contributed by atoms with Gasteiger partial charge in [0.15, 0.2) is 6.10 Å². The van der Waals surface area contributed by atoms with E-state index in [9.17, 15) is 9.59 Å². The summed E-state index contributed by atoms with van der Waals surface area (Å²) in [5.74, 6) is -0.913. The summed E-state index contributed by atoms with van der Waals surface area (Å²) in [4.78, 5) is 26.8. The van der Waals surface area contributed by atoms with Crippen LogP contribution in [0.5, 0.6) is 0 Å². The summed E-state index contributed by atoms with van der Waals surface area (Å²) in [5.41, 5.74) is 5.28. The second-order valence-electron chi connectivity index (χ2n) is 7.48. The van der Waals surface area contributed by atoms with Gasteiger partial charge in [-0.15, -0.1) is 0 Å². The van der Waals surface area contributed by atoms with Crippen molar-refractivity contribution < 1.29 is 14.3 Å². The van der Waals surface area contributed by atoms with E-state index >= 15 is 0 Å². The van der Waals surface area contributed by atoms with Crippen molar-refractivity contribution in [3.63, 3.8) is 0 Å². The number of hydrogen-bond acceptors (Lipinski definition) is 4. The minimum Gasteiger partial charge on any atom is -0.449 e. The van der Waals surface area contributed by atoms with Gasteiger partial charge in [-0.1, -0.05) is 0 Å². The Hall–Kier alpha value is -3.54. The smallest absolute Gasteiger partial charge is 0.338 e. The molecule has 156 valence electrons. The lowest BCUT2D eigenvalue weighted by atomic mass is 10.2. The Kier molecular flexibility index (Phi) is 6.26. The average molecular weight is 405 g/mol. The van der Waals surface area contributed by atoms with E-state index in [-0.39, 0.29) is 5.91 Å². The fourth-order valence-electron chi connectivity index (χ4n) is 3.19. The third-order valence-electron chi connectivity index (χ3n) is 4.94. The Balaban J connectivity index is 1.61. The zero-order valence-corrected chi connectivity index (χ0v) is 18.0. The van der Waals surface area contributed by atoms with Crippen LogP contribution in [0.25, 0.3) is 5.69 Å². The van der Waals surface area contributed by atoms with Gasteiger partial charge in [0.05, 0.1) is 5.56 Å². The predicted octanol–water partition coefficient (Wildman–Crippen LogP) is 4.34. The molecule has 3 aromatic rings. The topological polar surface area (TPSA) is 63.6 Å². The molecule has 2 aromatic carbocycles. The van der Waals surface area contributed by atoms with Crippen LogP contribution in [0.1, 0.15) is 28.7 Å². The van der Waals surface area contributed by atoms with Crippen molar-refractivity contribution in [1.29, 1.82) is 0 Å². The number of rotatable bonds is 6. The Morgan fingerprint density at radius 2 is 1.47 bits per heavy atom. The first-order valence-electron chi connectivity index (χ1n) is 9.81. The van der Waals surface area contributed by atoms with Gasteiger partial charge >= 0.3 is 5.97 Å². The minimum absolute atomic E-state index is 0.379. The van der Waals surface area contributed by atoms with Crippen molar-refractivity contribution in [2.45, 2.75) is 26.9 Å². The van der Waals surface area contributed by atoms with Crippen LogP contribution in [0.3, 0.4) is 0 Å². The van der Waals surface area contributed by atoms with Gasteiger partial charge in [0, 0.05) is 42.5 Å². The van der Waals surface area contributed by atoms with Crippen molar-refractivity contribution in [3.8, 4) is 5.69 Å². The van der Waals surface area contributed by atoms with E-state index in [1.807, 2.05) is 81.4 Å². The van der Waals surface area contributed by atoms with Gasteiger partial charge in [0.1, 0.15) is 0 Å². The predicted molar refractivity (Wildman–Crippen MR) is 120 cm³/mol. The normalized spacial score (nSPS) is 11.6. The van der Waals surface area contributed by atoms with Crippen molar-refractivity contribution in [1.82, 2.24) is 4.57 Å². The van der Waals surface area contributed by atoms with Gasteiger partial charge in [-0.2, -0.15) is 0 Å². The van der Waals surface area contributed by atoms with Gasteiger partial charge in [0.2, 0.25) is 0 Å². The summed E-state index contributed by atoms with van der Waals surface area (Å²) in [6.07, 6.45) is -0.917. The molecule has 6 nitrogen and oxygen atoms in total. The molecule has 0 bridgehead atoms. The number of hydrogen-bond donors (Lipinski definition) is 1. The maximum Gasteiger partial charge on any atom is 0.338 e. The summed E-state index contributed by atoms with van der Waals surface area (Å²) in [7, 11) is 3.89. The molecule has 30 heavy (non-hydrogen) atoms. The second kappa shape index (κ2) is 8.86. The van der Waals surface area contributed by atoms with E-state index in [1.54, 1.807) is 19.1 Å². The molecule has 0 saturated carbocycles. The number of aromatic nitrogens is 1. The van der Waals surface area contributed by atoms with Crippen molar-refractivity contribution in [2.75, 3.05) is 24.3 Å². The van der Waals surface area contributed by atoms with Crippen LogP contribution in [0.15, 0.2) is 60.7 Å². The molecule has 0 aliphatic carbocycles. The first-order valence-corrected chi connectivity index (χ1v) is 9.81. The van der Waals surface area contributed by atoms with Crippen LogP contribution in [-0.2, 0) is 9.53 Å². The third-order valence-corrected chi connectivity index (χ3v) is 4.94. The molecule has 6 heteroatoms. The molecule has 0 aliphatic heterocycles. The highest BCUT2D eigenvalue weighted by Crippen LogP contribution is 2.18. The highest BCUT2D eigenvalue weighted by Gasteiger charge is 2.19. The highest BCUT2D eigenvalue weighted by atomic mass is 16.5. The lowest BCUT2D eigenvalue weighted by Crippen LogP contribution is -2.30. The van der Waals surface area contributed by atoms with E-state index in [1.165, 1.54) is 0 Å². The molecular formula is C24H27N3O3. The standard InChI is InChI=1S/C24H27N3O3/c1-16-6-7-17(2)27(16)22-12-8-19(9-13-22)24(29)30-18(3)23(28)25-20-10-14-21(15-11-20)26(4)5/h6-15,18H,1-5H3,(H,25,28)/t18-/m0/s1. The van der Waals surface area contributed by atoms with Crippen LogP contribution >= 0.6 is 0 Å². The number of nitrogens with zero attached hydrogens (tertiary/aromatic N) is 2. The molecular weight excluding hydrogens is 378 g/mol. The van der Waals surface area contributed by atoms with Crippen LogP contribution in [0.2, 0.25) is 0 Å². The Morgan fingerprint density at radius 3 is 2.00 bits per heavy atom. The fourth-order valence-corrected chi connectivity index (χ4v) is 3.19. The summed E-state index contributed by atoms with van der Waals surface area (Å²) < 4.78 is 7.45. The molecule has 0 unspecified atom stereocenters. The van der Waals surface area contributed by atoms with E-state index in [2.05, 4.69) is 9.88 Å². The number of carbonyl (C=O) groups excluding carboxylic acids is 2. The van der Waals surface area contributed by atoms with Crippen LogP contribution in [-0.4, -0.2) is 36.6 Å². The highest BCUT2D eigenvalue weighted by molar-refractivity contribution is 5.97. The summed E-state index contributed by atoms with van der Waals surface area (Å²) in [5, 5.41) is 2.77. The van der Waals surface area contributed by atoms with Crippen LogP contribution in [0.4, 0.5) is 11.4 Å². The molecule has 1 heterocycles. The lowest BCUT2D eigenvalue weighted by molar-refractivity contribution is -0.123. The van der Waals surface area contributed by atoms with Crippen LogP contribution in [0, 0.1) is 13.8 Å². The maximum absolute atomic E-state index is 12.4. The van der Waals surface area contributed by atoms with Crippen molar-refractivity contribution >= 4 is 23.3 Å². The van der Waals surface area contributed by atoms with E-state index in [4.69, 9.17) is 4.74 Å². The van der Waals surface area contributed by atoms with Gasteiger partial charge < -0.3 is 19.5 Å². The zero-order chi connectivity index (χ0) is 21.8. The number of esters is 1. The van der Waals surface area contributed by atoms with E-state index < -0.39 is 12.1 Å². The molecule has 1 atom stereocenters. The van der Waals surface area contributed by atoms with Crippen molar-refractivity contribution in [3.05, 3.63) is 77.6 Å². The largest absolute Gasteiger partial charge is 0.449 e. The fraction of sp³-hybridized carbons (Fsp3) is 0.250. The van der Waals surface area contributed by atoms with Gasteiger partial charge in [0.25, 0.3) is 5.91 Å². The first-order chi connectivity index (χ1) is 14.3. The molecule has 0 spiro atoms. The Bertz CT molecular complexity index is 1020. The summed E-state index contributed by atoms with van der Waals surface area (Å²) in [6.45, 7) is 5.62. The number of anilines is 2. The molecule has 1 aromatic heterocycles. The van der Waals surface area contributed by atoms with E-state index in [0.717, 1.165) is 22.8 Å². The molecule has 0 aliphatic rings. The molecule has 0 fully saturated rings. The minimum atomic E-state index is -0.917. The number of carbonyl (C=O) groups is 2.